The van der Waals surface area contributed by atoms with Crippen LogP contribution in [0.15, 0.2) is 36.5 Å². The summed E-state index contributed by atoms with van der Waals surface area (Å²) in [5.41, 5.74) is 1.74. The second-order valence-electron chi connectivity index (χ2n) is 5.93. The summed E-state index contributed by atoms with van der Waals surface area (Å²) in [5, 5.41) is 2.87. The molecule has 1 aliphatic rings. The fraction of sp³-hybridized carbons (Fsp3) is 0.294. The highest BCUT2D eigenvalue weighted by Gasteiger charge is 2.26. The number of halogens is 1. The highest BCUT2D eigenvalue weighted by Crippen LogP contribution is 2.28. The van der Waals surface area contributed by atoms with Crippen molar-refractivity contribution in [1.29, 1.82) is 0 Å². The van der Waals surface area contributed by atoms with E-state index in [0.29, 0.717) is 24.5 Å². The van der Waals surface area contributed by atoms with Gasteiger partial charge in [-0.3, -0.25) is 9.10 Å². The third-order valence-electron chi connectivity index (χ3n) is 3.99. The number of amides is 1. The van der Waals surface area contributed by atoms with Crippen LogP contribution >= 0.6 is 11.6 Å². The highest BCUT2D eigenvalue weighted by atomic mass is 35.5. The van der Waals surface area contributed by atoms with E-state index in [1.165, 1.54) is 16.4 Å². The molecule has 0 atom stereocenters. The summed E-state index contributed by atoms with van der Waals surface area (Å²) in [7, 11) is -3.31. The molecule has 0 bridgehead atoms. The van der Waals surface area contributed by atoms with Crippen LogP contribution in [0.1, 0.15) is 28.8 Å². The van der Waals surface area contributed by atoms with E-state index in [1.54, 1.807) is 18.3 Å². The zero-order valence-corrected chi connectivity index (χ0v) is 15.3. The Bertz CT molecular complexity index is 898. The number of carbonyl (C=O) groups excluding carboxylic acids is 1. The lowest BCUT2D eigenvalue weighted by molar-refractivity contribution is 0.102. The van der Waals surface area contributed by atoms with E-state index in [4.69, 9.17) is 11.6 Å². The van der Waals surface area contributed by atoms with Gasteiger partial charge in [-0.25, -0.2) is 13.4 Å². The van der Waals surface area contributed by atoms with Crippen LogP contribution in [0.4, 0.5) is 11.5 Å². The highest BCUT2D eigenvalue weighted by molar-refractivity contribution is 7.92. The van der Waals surface area contributed by atoms with Crippen LogP contribution < -0.4 is 9.62 Å². The first-order valence-corrected chi connectivity index (χ1v) is 9.89. The molecule has 1 aromatic heterocycles. The minimum absolute atomic E-state index is 0.131. The molecule has 2 heterocycles. The van der Waals surface area contributed by atoms with Crippen molar-refractivity contribution in [2.45, 2.75) is 19.8 Å². The van der Waals surface area contributed by atoms with E-state index in [1.807, 2.05) is 13.0 Å². The van der Waals surface area contributed by atoms with Gasteiger partial charge in [0, 0.05) is 12.7 Å². The van der Waals surface area contributed by atoms with Crippen molar-refractivity contribution in [3.8, 4) is 0 Å². The Labute approximate surface area is 151 Å². The van der Waals surface area contributed by atoms with Gasteiger partial charge in [-0.2, -0.15) is 0 Å². The molecule has 0 aliphatic carbocycles. The van der Waals surface area contributed by atoms with Crippen molar-refractivity contribution in [3.63, 3.8) is 0 Å². The van der Waals surface area contributed by atoms with Crippen LogP contribution in [0, 0.1) is 6.92 Å². The maximum atomic E-state index is 12.4. The van der Waals surface area contributed by atoms with E-state index in [0.717, 1.165) is 12.0 Å². The minimum Gasteiger partial charge on any atom is -0.307 e. The maximum absolute atomic E-state index is 12.4. The molecule has 0 saturated carbocycles. The SMILES string of the molecule is Cc1ccc(NC(=O)c2ccc(N3CCCCS3(=O)=O)cc2Cl)nc1. The number of aromatic nitrogens is 1. The third kappa shape index (κ3) is 3.93. The number of nitrogens with one attached hydrogen (secondary N) is 1. The van der Waals surface area contributed by atoms with E-state index in [9.17, 15) is 13.2 Å². The van der Waals surface area contributed by atoms with E-state index in [2.05, 4.69) is 10.3 Å². The van der Waals surface area contributed by atoms with Crippen molar-refractivity contribution in [1.82, 2.24) is 4.98 Å². The summed E-state index contributed by atoms with van der Waals surface area (Å²) in [4.78, 5) is 16.5. The molecule has 2 aromatic rings. The van der Waals surface area contributed by atoms with Crippen molar-refractivity contribution in [2.75, 3.05) is 21.9 Å². The summed E-state index contributed by atoms with van der Waals surface area (Å²) in [6.07, 6.45) is 3.12. The Balaban J connectivity index is 1.82. The van der Waals surface area contributed by atoms with Crippen molar-refractivity contribution in [3.05, 3.63) is 52.7 Å². The number of pyridine rings is 1. The fourth-order valence-corrected chi connectivity index (χ4v) is 4.54. The van der Waals surface area contributed by atoms with Gasteiger partial charge in [0.25, 0.3) is 5.91 Å². The van der Waals surface area contributed by atoms with Gasteiger partial charge in [-0.05, 0) is 49.6 Å². The van der Waals surface area contributed by atoms with E-state index in [-0.39, 0.29) is 16.3 Å². The second kappa shape index (κ2) is 7.01. The number of nitrogens with zero attached hydrogens (tertiary/aromatic N) is 2. The predicted molar refractivity (Wildman–Crippen MR) is 98.7 cm³/mol. The van der Waals surface area contributed by atoms with Gasteiger partial charge in [-0.1, -0.05) is 17.7 Å². The Morgan fingerprint density at radius 3 is 2.68 bits per heavy atom. The molecule has 1 fully saturated rings. The standard InChI is InChI=1S/C17H18ClN3O3S/c1-12-4-7-16(19-11-12)20-17(22)14-6-5-13(10-15(14)18)21-8-2-3-9-25(21,23)24/h4-7,10-11H,2-3,8-9H2,1H3,(H,19,20,22). The van der Waals surface area contributed by atoms with E-state index >= 15 is 0 Å². The van der Waals surface area contributed by atoms with Crippen LogP contribution in [0.5, 0.6) is 0 Å². The Hall–Kier alpha value is -2.12. The van der Waals surface area contributed by atoms with Crippen LogP contribution in [-0.2, 0) is 10.0 Å². The average molecular weight is 380 g/mol. The average Bonchev–Trinajstić information content (AvgIpc) is 2.56. The Kier molecular flexibility index (Phi) is 4.96. The number of hydrogen-bond donors (Lipinski definition) is 1. The van der Waals surface area contributed by atoms with Gasteiger partial charge >= 0.3 is 0 Å². The number of rotatable bonds is 3. The summed E-state index contributed by atoms with van der Waals surface area (Å²) in [5.74, 6) is 0.162. The largest absolute Gasteiger partial charge is 0.307 e. The van der Waals surface area contributed by atoms with Crippen molar-refractivity contribution >= 4 is 39.0 Å². The fourth-order valence-electron chi connectivity index (χ4n) is 2.65. The van der Waals surface area contributed by atoms with Gasteiger partial charge in [-0.15, -0.1) is 0 Å². The van der Waals surface area contributed by atoms with Gasteiger partial charge in [0.2, 0.25) is 10.0 Å². The lowest BCUT2D eigenvalue weighted by Gasteiger charge is -2.28. The molecule has 6 nitrogen and oxygen atoms in total. The molecule has 3 rings (SSSR count). The molecule has 132 valence electrons. The number of benzene rings is 1. The summed E-state index contributed by atoms with van der Waals surface area (Å²) in [6.45, 7) is 2.33. The Morgan fingerprint density at radius 1 is 1.24 bits per heavy atom. The molecule has 0 spiro atoms. The monoisotopic (exact) mass is 379 g/mol. The first-order chi connectivity index (χ1) is 11.9. The first kappa shape index (κ1) is 17.7. The minimum atomic E-state index is -3.31. The lowest BCUT2D eigenvalue weighted by Crippen LogP contribution is -2.37. The topological polar surface area (TPSA) is 79.4 Å². The van der Waals surface area contributed by atoms with Crippen LogP contribution in [-0.4, -0.2) is 31.6 Å². The zero-order valence-electron chi connectivity index (χ0n) is 13.7. The smallest absolute Gasteiger partial charge is 0.258 e. The molecular formula is C17H18ClN3O3S. The van der Waals surface area contributed by atoms with Gasteiger partial charge in [0.1, 0.15) is 5.82 Å². The quantitative estimate of drug-likeness (QED) is 0.887. The molecule has 1 aliphatic heterocycles. The summed E-state index contributed by atoms with van der Waals surface area (Å²) in [6, 6.07) is 8.20. The predicted octanol–water partition coefficient (Wildman–Crippen LogP) is 3.23. The van der Waals surface area contributed by atoms with Crippen LogP contribution in [0.25, 0.3) is 0 Å². The number of anilines is 2. The normalized spacial score (nSPS) is 16.5. The second-order valence-corrected chi connectivity index (χ2v) is 8.35. The molecule has 1 N–H and O–H groups in total. The molecule has 8 heteroatoms. The molecular weight excluding hydrogens is 362 g/mol. The lowest BCUT2D eigenvalue weighted by atomic mass is 10.2. The van der Waals surface area contributed by atoms with Crippen molar-refractivity contribution in [2.24, 2.45) is 0 Å². The Morgan fingerprint density at radius 2 is 2.04 bits per heavy atom. The number of aryl methyl sites for hydroxylation is 1. The van der Waals surface area contributed by atoms with Crippen LogP contribution in [0.3, 0.4) is 0 Å². The van der Waals surface area contributed by atoms with Gasteiger partial charge in [0.05, 0.1) is 22.0 Å². The molecule has 1 amide bonds. The van der Waals surface area contributed by atoms with Gasteiger partial charge < -0.3 is 5.32 Å². The van der Waals surface area contributed by atoms with E-state index < -0.39 is 15.9 Å². The summed E-state index contributed by atoms with van der Waals surface area (Å²) < 4.78 is 25.7. The number of carbonyl (C=O) groups is 1. The zero-order chi connectivity index (χ0) is 18.0. The molecule has 0 radical (unpaired) electrons. The summed E-state index contributed by atoms with van der Waals surface area (Å²) >= 11 is 6.23. The molecule has 1 saturated heterocycles. The van der Waals surface area contributed by atoms with Crippen LogP contribution in [0.2, 0.25) is 5.02 Å². The van der Waals surface area contributed by atoms with Gasteiger partial charge in [0.15, 0.2) is 0 Å². The first-order valence-electron chi connectivity index (χ1n) is 7.91. The third-order valence-corrected chi connectivity index (χ3v) is 6.17. The molecule has 0 unspecified atom stereocenters. The number of hydrogen-bond acceptors (Lipinski definition) is 4. The molecule has 25 heavy (non-hydrogen) atoms. The van der Waals surface area contributed by atoms with Crippen molar-refractivity contribution < 1.29 is 13.2 Å². The molecule has 1 aromatic carbocycles. The number of sulfonamides is 1. The maximum Gasteiger partial charge on any atom is 0.258 e.